The number of hydrogen-bond donors (Lipinski definition) is 0. The molecular formula is C13H21N3S2. The minimum atomic E-state index is 0.732. The molecule has 0 unspecified atom stereocenters. The highest BCUT2D eigenvalue weighted by Gasteiger charge is 2.18. The van der Waals surface area contributed by atoms with Crippen LogP contribution in [0.25, 0.3) is 0 Å². The number of thioether (sulfide) groups is 2. The SMILES string of the molecule is CCSc1ncc(CN(C)C2CCSCC2)cn1. The topological polar surface area (TPSA) is 29.0 Å². The maximum Gasteiger partial charge on any atom is 0.187 e. The molecule has 100 valence electrons. The van der Waals surface area contributed by atoms with E-state index in [-0.39, 0.29) is 0 Å². The molecule has 5 heteroatoms. The summed E-state index contributed by atoms with van der Waals surface area (Å²) in [6.07, 6.45) is 6.57. The zero-order valence-electron chi connectivity index (χ0n) is 11.1. The van der Waals surface area contributed by atoms with Crippen molar-refractivity contribution in [1.29, 1.82) is 0 Å². The van der Waals surface area contributed by atoms with E-state index in [0.717, 1.165) is 23.5 Å². The second-order valence-electron chi connectivity index (χ2n) is 4.57. The lowest BCUT2D eigenvalue weighted by atomic mass is 10.1. The Hall–Kier alpha value is -0.260. The largest absolute Gasteiger partial charge is 0.299 e. The molecule has 1 saturated heterocycles. The Morgan fingerprint density at radius 1 is 1.33 bits per heavy atom. The standard InChI is InChI=1S/C13H21N3S2/c1-3-18-13-14-8-11(9-15-13)10-16(2)12-4-6-17-7-5-12/h8-9,12H,3-7,10H2,1-2H3. The van der Waals surface area contributed by atoms with Crippen molar-refractivity contribution < 1.29 is 0 Å². The number of hydrogen-bond acceptors (Lipinski definition) is 5. The molecule has 0 radical (unpaired) electrons. The lowest BCUT2D eigenvalue weighted by Gasteiger charge is -2.30. The molecule has 1 fully saturated rings. The molecule has 1 aromatic rings. The van der Waals surface area contributed by atoms with E-state index < -0.39 is 0 Å². The number of nitrogens with zero attached hydrogens (tertiary/aromatic N) is 3. The van der Waals surface area contributed by atoms with Gasteiger partial charge in [0.05, 0.1) is 0 Å². The lowest BCUT2D eigenvalue weighted by molar-refractivity contribution is 0.220. The molecule has 0 aromatic carbocycles. The monoisotopic (exact) mass is 283 g/mol. The van der Waals surface area contributed by atoms with Crippen molar-refractivity contribution in [3.8, 4) is 0 Å². The van der Waals surface area contributed by atoms with Crippen molar-refractivity contribution in [3.05, 3.63) is 18.0 Å². The summed E-state index contributed by atoms with van der Waals surface area (Å²) in [6, 6.07) is 0.732. The predicted molar refractivity (Wildman–Crippen MR) is 80.2 cm³/mol. The van der Waals surface area contributed by atoms with Crippen molar-refractivity contribution in [2.24, 2.45) is 0 Å². The van der Waals surface area contributed by atoms with Gasteiger partial charge in [0.25, 0.3) is 0 Å². The maximum absolute atomic E-state index is 4.39. The van der Waals surface area contributed by atoms with Crippen LogP contribution in [0.5, 0.6) is 0 Å². The fraction of sp³-hybridized carbons (Fsp3) is 0.692. The summed E-state index contributed by atoms with van der Waals surface area (Å²) >= 11 is 3.77. The van der Waals surface area contributed by atoms with Gasteiger partial charge in [0, 0.05) is 30.5 Å². The molecule has 0 spiro atoms. The van der Waals surface area contributed by atoms with Crippen LogP contribution >= 0.6 is 23.5 Å². The van der Waals surface area contributed by atoms with Gasteiger partial charge in [-0.3, -0.25) is 4.90 Å². The molecule has 1 aliphatic rings. The van der Waals surface area contributed by atoms with Gasteiger partial charge in [0.15, 0.2) is 5.16 Å². The molecule has 1 aliphatic heterocycles. The summed E-state index contributed by atoms with van der Waals surface area (Å²) in [4.78, 5) is 11.2. The highest BCUT2D eigenvalue weighted by molar-refractivity contribution is 7.99. The third-order valence-electron chi connectivity index (χ3n) is 3.20. The smallest absolute Gasteiger partial charge is 0.187 e. The second-order valence-corrected chi connectivity index (χ2v) is 7.02. The Bertz CT molecular complexity index is 350. The van der Waals surface area contributed by atoms with Gasteiger partial charge in [-0.15, -0.1) is 0 Å². The van der Waals surface area contributed by atoms with Crippen molar-refractivity contribution in [1.82, 2.24) is 14.9 Å². The van der Waals surface area contributed by atoms with E-state index in [1.807, 2.05) is 12.4 Å². The van der Waals surface area contributed by atoms with Gasteiger partial charge in [0.1, 0.15) is 0 Å². The highest BCUT2D eigenvalue weighted by atomic mass is 32.2. The van der Waals surface area contributed by atoms with Gasteiger partial charge in [-0.1, -0.05) is 18.7 Å². The van der Waals surface area contributed by atoms with E-state index in [9.17, 15) is 0 Å². The molecule has 2 rings (SSSR count). The van der Waals surface area contributed by atoms with Gasteiger partial charge >= 0.3 is 0 Å². The van der Waals surface area contributed by atoms with Crippen molar-refractivity contribution in [2.45, 2.75) is 37.5 Å². The fourth-order valence-corrected chi connectivity index (χ4v) is 3.77. The van der Waals surface area contributed by atoms with E-state index in [1.54, 1.807) is 11.8 Å². The van der Waals surface area contributed by atoms with Crippen LogP contribution in [0, 0.1) is 0 Å². The molecule has 0 amide bonds. The Kier molecular flexibility index (Phi) is 5.79. The van der Waals surface area contributed by atoms with E-state index in [4.69, 9.17) is 0 Å². The first kappa shape index (κ1) is 14.2. The highest BCUT2D eigenvalue weighted by Crippen LogP contribution is 2.22. The first-order valence-electron chi connectivity index (χ1n) is 6.51. The summed E-state index contributed by atoms with van der Waals surface area (Å²) in [5.74, 6) is 3.63. The average Bonchev–Trinajstić information content (AvgIpc) is 2.42. The van der Waals surface area contributed by atoms with Crippen LogP contribution in [-0.4, -0.2) is 45.2 Å². The Balaban J connectivity index is 1.87. The van der Waals surface area contributed by atoms with Gasteiger partial charge in [-0.05, 0) is 37.1 Å². The fourth-order valence-electron chi connectivity index (χ4n) is 2.17. The van der Waals surface area contributed by atoms with Crippen LogP contribution in [0.4, 0.5) is 0 Å². The minimum absolute atomic E-state index is 0.732. The van der Waals surface area contributed by atoms with Gasteiger partial charge < -0.3 is 0 Å². The maximum atomic E-state index is 4.39. The quantitative estimate of drug-likeness (QED) is 0.612. The van der Waals surface area contributed by atoms with Crippen molar-refractivity contribution >= 4 is 23.5 Å². The first-order chi connectivity index (χ1) is 8.79. The normalized spacial score (nSPS) is 17.3. The van der Waals surface area contributed by atoms with Gasteiger partial charge in [-0.2, -0.15) is 11.8 Å². The van der Waals surface area contributed by atoms with Gasteiger partial charge in [-0.25, -0.2) is 9.97 Å². The summed E-state index contributed by atoms with van der Waals surface area (Å²) < 4.78 is 0. The molecule has 1 aromatic heterocycles. The number of rotatable bonds is 5. The van der Waals surface area contributed by atoms with Crippen LogP contribution in [0.3, 0.4) is 0 Å². The third-order valence-corrected chi connectivity index (χ3v) is 5.01. The third kappa shape index (κ3) is 4.14. The molecule has 0 atom stereocenters. The first-order valence-corrected chi connectivity index (χ1v) is 8.65. The Morgan fingerprint density at radius 2 is 2.00 bits per heavy atom. The second kappa shape index (κ2) is 7.36. The van der Waals surface area contributed by atoms with Crippen LogP contribution in [-0.2, 0) is 6.54 Å². The van der Waals surface area contributed by atoms with Crippen LogP contribution in [0.15, 0.2) is 17.6 Å². The summed E-state index contributed by atoms with van der Waals surface area (Å²) in [5, 5.41) is 0.887. The van der Waals surface area contributed by atoms with E-state index in [0.29, 0.717) is 0 Å². The molecule has 18 heavy (non-hydrogen) atoms. The summed E-state index contributed by atoms with van der Waals surface area (Å²) in [6.45, 7) is 3.09. The average molecular weight is 283 g/mol. The van der Waals surface area contributed by atoms with Crippen molar-refractivity contribution in [2.75, 3.05) is 24.3 Å². The molecule has 0 saturated carbocycles. The molecular weight excluding hydrogens is 262 g/mol. The zero-order chi connectivity index (χ0) is 12.8. The molecule has 2 heterocycles. The Morgan fingerprint density at radius 3 is 2.61 bits per heavy atom. The molecule has 0 bridgehead atoms. The van der Waals surface area contributed by atoms with E-state index in [2.05, 4.69) is 40.6 Å². The summed E-state index contributed by atoms with van der Waals surface area (Å²) in [5.41, 5.74) is 1.22. The zero-order valence-corrected chi connectivity index (χ0v) is 12.8. The predicted octanol–water partition coefficient (Wildman–Crippen LogP) is 2.92. The van der Waals surface area contributed by atoms with E-state index >= 15 is 0 Å². The van der Waals surface area contributed by atoms with E-state index in [1.165, 1.54) is 29.9 Å². The molecule has 0 aliphatic carbocycles. The molecule has 3 nitrogen and oxygen atoms in total. The van der Waals surface area contributed by atoms with Crippen molar-refractivity contribution in [3.63, 3.8) is 0 Å². The lowest BCUT2D eigenvalue weighted by Crippen LogP contribution is -2.34. The molecule has 0 N–H and O–H groups in total. The minimum Gasteiger partial charge on any atom is -0.299 e. The van der Waals surface area contributed by atoms with Crippen LogP contribution < -0.4 is 0 Å². The van der Waals surface area contributed by atoms with Gasteiger partial charge in [0.2, 0.25) is 0 Å². The number of aromatic nitrogens is 2. The Labute approximate surface area is 118 Å². The van der Waals surface area contributed by atoms with Crippen LogP contribution in [0.1, 0.15) is 25.3 Å². The summed E-state index contributed by atoms with van der Waals surface area (Å²) in [7, 11) is 2.22. The van der Waals surface area contributed by atoms with Crippen LogP contribution in [0.2, 0.25) is 0 Å².